The van der Waals surface area contributed by atoms with Crippen LogP contribution >= 0.6 is 11.3 Å². The SMILES string of the molecule is CCn1nc(C)c(N)c1NCCc1ccsc1. The summed E-state index contributed by atoms with van der Waals surface area (Å²) in [5, 5.41) is 12.0. The van der Waals surface area contributed by atoms with Gasteiger partial charge in [-0.15, -0.1) is 0 Å². The molecule has 0 aliphatic carbocycles. The number of nitrogens with zero attached hydrogens (tertiary/aromatic N) is 2. The van der Waals surface area contributed by atoms with Crippen LogP contribution in [0.25, 0.3) is 0 Å². The number of aryl methyl sites for hydroxylation is 2. The molecule has 0 bridgehead atoms. The quantitative estimate of drug-likeness (QED) is 0.857. The predicted molar refractivity (Wildman–Crippen MR) is 73.6 cm³/mol. The number of nitrogens with two attached hydrogens (primary N) is 1. The Balaban J connectivity index is 1.98. The van der Waals surface area contributed by atoms with Crippen molar-refractivity contribution >= 4 is 22.8 Å². The second-order valence-electron chi connectivity index (χ2n) is 3.97. The van der Waals surface area contributed by atoms with Crippen LogP contribution in [0.2, 0.25) is 0 Å². The van der Waals surface area contributed by atoms with Gasteiger partial charge in [0.25, 0.3) is 0 Å². The van der Waals surface area contributed by atoms with Gasteiger partial charge in [-0.05, 0) is 42.7 Å². The third kappa shape index (κ3) is 2.61. The van der Waals surface area contributed by atoms with Gasteiger partial charge in [0, 0.05) is 13.1 Å². The number of anilines is 2. The Labute approximate surface area is 105 Å². The highest BCUT2D eigenvalue weighted by Gasteiger charge is 2.10. The third-order valence-electron chi connectivity index (χ3n) is 2.76. The fourth-order valence-electron chi connectivity index (χ4n) is 1.77. The van der Waals surface area contributed by atoms with Gasteiger partial charge in [0.1, 0.15) is 5.82 Å². The second-order valence-corrected chi connectivity index (χ2v) is 4.75. The van der Waals surface area contributed by atoms with Crippen LogP contribution in [0.1, 0.15) is 18.2 Å². The van der Waals surface area contributed by atoms with Crippen molar-refractivity contribution in [2.24, 2.45) is 0 Å². The molecule has 0 amide bonds. The molecule has 4 nitrogen and oxygen atoms in total. The van der Waals surface area contributed by atoms with E-state index in [1.165, 1.54) is 5.56 Å². The summed E-state index contributed by atoms with van der Waals surface area (Å²) in [7, 11) is 0. The molecule has 0 fully saturated rings. The lowest BCUT2D eigenvalue weighted by atomic mass is 10.2. The van der Waals surface area contributed by atoms with Gasteiger partial charge in [0.05, 0.1) is 11.4 Å². The molecule has 2 heterocycles. The first-order valence-corrected chi connectivity index (χ1v) is 6.74. The molecule has 0 aliphatic rings. The van der Waals surface area contributed by atoms with E-state index in [0.717, 1.165) is 36.7 Å². The van der Waals surface area contributed by atoms with Gasteiger partial charge < -0.3 is 11.1 Å². The molecule has 0 saturated heterocycles. The Hall–Kier alpha value is -1.49. The fourth-order valence-corrected chi connectivity index (χ4v) is 2.47. The lowest BCUT2D eigenvalue weighted by Crippen LogP contribution is -2.11. The van der Waals surface area contributed by atoms with Crippen molar-refractivity contribution in [1.82, 2.24) is 9.78 Å². The van der Waals surface area contributed by atoms with Gasteiger partial charge in [-0.1, -0.05) is 0 Å². The number of hydrogen-bond acceptors (Lipinski definition) is 4. The molecular formula is C12H18N4S. The van der Waals surface area contributed by atoms with Gasteiger partial charge in [-0.3, -0.25) is 0 Å². The summed E-state index contributed by atoms with van der Waals surface area (Å²) >= 11 is 1.73. The van der Waals surface area contributed by atoms with E-state index in [9.17, 15) is 0 Å². The van der Waals surface area contributed by atoms with Crippen LogP contribution in [0.5, 0.6) is 0 Å². The predicted octanol–water partition coefficient (Wildman–Crippen LogP) is 2.51. The van der Waals surface area contributed by atoms with Crippen LogP contribution in [0, 0.1) is 6.92 Å². The minimum Gasteiger partial charge on any atom is -0.394 e. The zero-order valence-corrected chi connectivity index (χ0v) is 11.0. The van der Waals surface area contributed by atoms with Crippen molar-refractivity contribution < 1.29 is 0 Å². The van der Waals surface area contributed by atoms with Crippen molar-refractivity contribution in [1.29, 1.82) is 0 Å². The number of nitrogen functional groups attached to an aromatic ring is 1. The Bertz CT molecular complexity index is 473. The van der Waals surface area contributed by atoms with Gasteiger partial charge in [-0.25, -0.2) is 4.68 Å². The first-order chi connectivity index (χ1) is 8.22. The normalized spacial score (nSPS) is 10.7. The minimum absolute atomic E-state index is 0.761. The molecule has 2 aromatic rings. The number of aromatic nitrogens is 2. The van der Waals surface area contributed by atoms with E-state index >= 15 is 0 Å². The number of nitrogens with one attached hydrogen (secondary N) is 1. The Morgan fingerprint density at radius 2 is 2.35 bits per heavy atom. The van der Waals surface area contributed by atoms with E-state index in [1.807, 2.05) is 11.6 Å². The third-order valence-corrected chi connectivity index (χ3v) is 3.49. The highest BCUT2D eigenvalue weighted by molar-refractivity contribution is 7.07. The van der Waals surface area contributed by atoms with E-state index in [4.69, 9.17) is 5.73 Å². The van der Waals surface area contributed by atoms with E-state index in [1.54, 1.807) is 11.3 Å². The maximum atomic E-state index is 5.99. The molecule has 2 aromatic heterocycles. The standard InChI is InChI=1S/C12H18N4S/c1-3-16-12(11(13)9(2)15-16)14-6-4-10-5-7-17-8-10/h5,7-8,14H,3-4,6,13H2,1-2H3. The summed E-state index contributed by atoms with van der Waals surface area (Å²) in [6.07, 6.45) is 1.01. The summed E-state index contributed by atoms with van der Waals surface area (Å²) in [6.45, 7) is 5.71. The first kappa shape index (κ1) is 12.0. The van der Waals surface area contributed by atoms with Crippen LogP contribution in [-0.2, 0) is 13.0 Å². The van der Waals surface area contributed by atoms with E-state index in [0.29, 0.717) is 0 Å². The van der Waals surface area contributed by atoms with Gasteiger partial charge in [-0.2, -0.15) is 16.4 Å². The minimum atomic E-state index is 0.761. The topological polar surface area (TPSA) is 55.9 Å². The van der Waals surface area contributed by atoms with Gasteiger partial charge in [0.15, 0.2) is 0 Å². The zero-order chi connectivity index (χ0) is 12.3. The highest BCUT2D eigenvalue weighted by Crippen LogP contribution is 2.21. The number of hydrogen-bond donors (Lipinski definition) is 2. The summed E-state index contributed by atoms with van der Waals surface area (Å²) in [4.78, 5) is 0. The molecule has 0 saturated carbocycles. The summed E-state index contributed by atoms with van der Waals surface area (Å²) in [5.74, 6) is 0.945. The maximum Gasteiger partial charge on any atom is 0.148 e. The van der Waals surface area contributed by atoms with Gasteiger partial charge in [0.2, 0.25) is 0 Å². The molecule has 0 aromatic carbocycles. The molecule has 0 aliphatic heterocycles. The Kier molecular flexibility index (Phi) is 3.68. The molecule has 2 rings (SSSR count). The molecule has 0 radical (unpaired) electrons. The summed E-state index contributed by atoms with van der Waals surface area (Å²) < 4.78 is 1.91. The maximum absolute atomic E-state index is 5.99. The molecule has 0 unspecified atom stereocenters. The molecule has 92 valence electrons. The molecule has 17 heavy (non-hydrogen) atoms. The smallest absolute Gasteiger partial charge is 0.148 e. The second kappa shape index (κ2) is 5.23. The number of rotatable bonds is 5. The zero-order valence-electron chi connectivity index (χ0n) is 10.2. The lowest BCUT2D eigenvalue weighted by Gasteiger charge is -2.08. The van der Waals surface area contributed by atoms with E-state index in [-0.39, 0.29) is 0 Å². The molecule has 5 heteroatoms. The van der Waals surface area contributed by atoms with Gasteiger partial charge >= 0.3 is 0 Å². The molecule has 0 atom stereocenters. The molecule has 3 N–H and O–H groups in total. The molecule has 0 spiro atoms. The summed E-state index contributed by atoms with van der Waals surface area (Å²) in [6, 6.07) is 2.15. The Morgan fingerprint density at radius 3 is 3.00 bits per heavy atom. The lowest BCUT2D eigenvalue weighted by molar-refractivity contribution is 0.657. The Morgan fingerprint density at radius 1 is 1.53 bits per heavy atom. The van der Waals surface area contributed by atoms with E-state index < -0.39 is 0 Å². The van der Waals surface area contributed by atoms with Crippen LogP contribution in [0.3, 0.4) is 0 Å². The number of thiophene rings is 1. The van der Waals surface area contributed by atoms with Crippen LogP contribution in [0.4, 0.5) is 11.5 Å². The van der Waals surface area contributed by atoms with Crippen molar-refractivity contribution in [3.05, 3.63) is 28.1 Å². The van der Waals surface area contributed by atoms with Crippen LogP contribution < -0.4 is 11.1 Å². The van der Waals surface area contributed by atoms with Crippen LogP contribution in [-0.4, -0.2) is 16.3 Å². The average Bonchev–Trinajstić information content (AvgIpc) is 2.92. The van der Waals surface area contributed by atoms with Crippen molar-refractivity contribution in [3.63, 3.8) is 0 Å². The molecular weight excluding hydrogens is 232 g/mol. The largest absolute Gasteiger partial charge is 0.394 e. The average molecular weight is 250 g/mol. The van der Waals surface area contributed by atoms with Crippen molar-refractivity contribution in [3.8, 4) is 0 Å². The fraction of sp³-hybridized carbons (Fsp3) is 0.417. The summed E-state index contributed by atoms with van der Waals surface area (Å²) in [5.41, 5.74) is 9.01. The highest BCUT2D eigenvalue weighted by atomic mass is 32.1. The van der Waals surface area contributed by atoms with Crippen molar-refractivity contribution in [2.75, 3.05) is 17.6 Å². The van der Waals surface area contributed by atoms with Crippen LogP contribution in [0.15, 0.2) is 16.8 Å². The van der Waals surface area contributed by atoms with E-state index in [2.05, 4.69) is 34.2 Å². The first-order valence-electron chi connectivity index (χ1n) is 5.80. The monoisotopic (exact) mass is 250 g/mol. The van der Waals surface area contributed by atoms with Crippen molar-refractivity contribution in [2.45, 2.75) is 26.8 Å².